The molecule has 18 heavy (non-hydrogen) atoms. The van der Waals surface area contributed by atoms with E-state index in [1.807, 2.05) is 31.2 Å². The molecular weight excluding hydrogens is 294 g/mol. The molecule has 3 nitrogen and oxygen atoms in total. The first-order valence-corrected chi connectivity index (χ1v) is 6.22. The van der Waals surface area contributed by atoms with E-state index in [-0.39, 0.29) is 5.56 Å². The highest BCUT2D eigenvalue weighted by atomic mass is 79.9. The Morgan fingerprint density at radius 2 is 2.00 bits per heavy atom. The van der Waals surface area contributed by atoms with Crippen LogP contribution in [0.1, 0.15) is 15.9 Å². The molecule has 0 aliphatic carbocycles. The predicted octanol–water partition coefficient (Wildman–Crippen LogP) is 4.20. The lowest BCUT2D eigenvalue weighted by Gasteiger charge is -2.10. The third-order valence-electron chi connectivity index (χ3n) is 2.58. The zero-order valence-corrected chi connectivity index (χ0v) is 11.4. The number of nitrogens with one attached hydrogen (secondary N) is 1. The molecule has 0 saturated carbocycles. The van der Waals surface area contributed by atoms with Crippen LogP contribution in [0.2, 0.25) is 0 Å². The Balaban J connectivity index is 2.28. The molecule has 2 aromatic carbocycles. The molecule has 0 saturated heterocycles. The minimum Gasteiger partial charge on any atom is -0.478 e. The normalized spacial score (nSPS) is 10.1. The highest BCUT2D eigenvalue weighted by Crippen LogP contribution is 2.24. The SMILES string of the molecule is Cc1cc(Br)ccc1Nc1cccc(C(=O)O)c1. The van der Waals surface area contributed by atoms with Crippen molar-refractivity contribution in [3.63, 3.8) is 0 Å². The fraction of sp³-hybridized carbons (Fsp3) is 0.0714. The molecule has 2 rings (SSSR count). The van der Waals surface area contributed by atoms with Gasteiger partial charge in [-0.25, -0.2) is 4.79 Å². The van der Waals surface area contributed by atoms with Crippen LogP contribution in [-0.2, 0) is 0 Å². The van der Waals surface area contributed by atoms with E-state index < -0.39 is 5.97 Å². The number of carboxylic acid groups (broad SMARTS) is 1. The molecular formula is C14H12BrNO2. The van der Waals surface area contributed by atoms with Crippen LogP contribution in [0.25, 0.3) is 0 Å². The zero-order valence-electron chi connectivity index (χ0n) is 9.77. The average molecular weight is 306 g/mol. The molecule has 0 spiro atoms. The van der Waals surface area contributed by atoms with E-state index in [1.165, 1.54) is 0 Å². The number of aromatic carboxylic acids is 1. The molecule has 0 fully saturated rings. The lowest BCUT2D eigenvalue weighted by atomic mass is 10.1. The van der Waals surface area contributed by atoms with Gasteiger partial charge in [-0.1, -0.05) is 22.0 Å². The van der Waals surface area contributed by atoms with Crippen LogP contribution in [-0.4, -0.2) is 11.1 Å². The van der Waals surface area contributed by atoms with E-state index in [2.05, 4.69) is 21.2 Å². The van der Waals surface area contributed by atoms with Crippen LogP contribution in [0.3, 0.4) is 0 Å². The molecule has 0 atom stereocenters. The quantitative estimate of drug-likeness (QED) is 0.893. The predicted molar refractivity (Wildman–Crippen MR) is 75.6 cm³/mol. The van der Waals surface area contributed by atoms with Gasteiger partial charge in [0.25, 0.3) is 0 Å². The summed E-state index contributed by atoms with van der Waals surface area (Å²) < 4.78 is 1.02. The van der Waals surface area contributed by atoms with Gasteiger partial charge in [-0.15, -0.1) is 0 Å². The summed E-state index contributed by atoms with van der Waals surface area (Å²) in [4.78, 5) is 10.9. The second kappa shape index (κ2) is 5.23. The Kier molecular flexibility index (Phi) is 3.67. The number of carboxylic acids is 1. The topological polar surface area (TPSA) is 49.3 Å². The largest absolute Gasteiger partial charge is 0.478 e. The molecule has 2 N–H and O–H groups in total. The monoisotopic (exact) mass is 305 g/mol. The van der Waals surface area contributed by atoms with Gasteiger partial charge in [0.2, 0.25) is 0 Å². The minimum absolute atomic E-state index is 0.273. The van der Waals surface area contributed by atoms with Gasteiger partial charge in [-0.05, 0) is 48.9 Å². The van der Waals surface area contributed by atoms with Crippen molar-refractivity contribution in [1.82, 2.24) is 0 Å². The van der Waals surface area contributed by atoms with Gasteiger partial charge < -0.3 is 10.4 Å². The van der Waals surface area contributed by atoms with Crippen molar-refractivity contribution >= 4 is 33.3 Å². The third kappa shape index (κ3) is 2.90. The van der Waals surface area contributed by atoms with Crippen molar-refractivity contribution in [2.75, 3.05) is 5.32 Å². The molecule has 0 bridgehead atoms. The maximum Gasteiger partial charge on any atom is 0.335 e. The number of hydrogen-bond acceptors (Lipinski definition) is 2. The van der Waals surface area contributed by atoms with Gasteiger partial charge in [0.05, 0.1) is 5.56 Å². The summed E-state index contributed by atoms with van der Waals surface area (Å²) in [5.74, 6) is -0.925. The summed E-state index contributed by atoms with van der Waals surface area (Å²) in [6.07, 6.45) is 0. The molecule has 2 aromatic rings. The van der Waals surface area contributed by atoms with Crippen molar-refractivity contribution in [2.45, 2.75) is 6.92 Å². The molecule has 0 aliphatic heterocycles. The van der Waals surface area contributed by atoms with Crippen molar-refractivity contribution in [3.8, 4) is 0 Å². The second-order valence-electron chi connectivity index (χ2n) is 3.97. The van der Waals surface area contributed by atoms with Crippen LogP contribution in [0.15, 0.2) is 46.9 Å². The van der Waals surface area contributed by atoms with Gasteiger partial charge in [-0.3, -0.25) is 0 Å². The average Bonchev–Trinajstić information content (AvgIpc) is 2.33. The molecule has 0 aliphatic rings. The molecule has 0 aromatic heterocycles. The van der Waals surface area contributed by atoms with Crippen molar-refractivity contribution in [3.05, 3.63) is 58.1 Å². The fourth-order valence-electron chi connectivity index (χ4n) is 1.65. The lowest BCUT2D eigenvalue weighted by molar-refractivity contribution is 0.0697. The highest BCUT2D eigenvalue weighted by molar-refractivity contribution is 9.10. The summed E-state index contributed by atoms with van der Waals surface area (Å²) in [5.41, 5.74) is 3.08. The van der Waals surface area contributed by atoms with Crippen LogP contribution in [0, 0.1) is 6.92 Å². The lowest BCUT2D eigenvalue weighted by Crippen LogP contribution is -1.98. The van der Waals surface area contributed by atoms with E-state index in [1.54, 1.807) is 18.2 Å². The van der Waals surface area contributed by atoms with Crippen molar-refractivity contribution in [1.29, 1.82) is 0 Å². The molecule has 92 valence electrons. The highest BCUT2D eigenvalue weighted by Gasteiger charge is 2.04. The number of hydrogen-bond donors (Lipinski definition) is 2. The minimum atomic E-state index is -0.925. The smallest absolute Gasteiger partial charge is 0.335 e. The Morgan fingerprint density at radius 3 is 2.67 bits per heavy atom. The Hall–Kier alpha value is -1.81. The summed E-state index contributed by atoms with van der Waals surface area (Å²) >= 11 is 3.41. The molecule has 0 amide bonds. The summed E-state index contributed by atoms with van der Waals surface area (Å²) in [5, 5.41) is 12.1. The first kappa shape index (κ1) is 12.6. The van der Waals surface area contributed by atoms with Gasteiger partial charge in [0, 0.05) is 15.8 Å². The number of rotatable bonds is 3. The number of carbonyl (C=O) groups is 1. The molecule has 4 heteroatoms. The number of halogens is 1. The van der Waals surface area contributed by atoms with E-state index in [0.29, 0.717) is 0 Å². The van der Waals surface area contributed by atoms with Gasteiger partial charge in [-0.2, -0.15) is 0 Å². The summed E-state index contributed by atoms with van der Waals surface area (Å²) in [6.45, 7) is 1.99. The van der Waals surface area contributed by atoms with Gasteiger partial charge >= 0.3 is 5.97 Å². The summed E-state index contributed by atoms with van der Waals surface area (Å²) in [7, 11) is 0. The summed E-state index contributed by atoms with van der Waals surface area (Å²) in [6, 6.07) is 12.6. The van der Waals surface area contributed by atoms with E-state index in [0.717, 1.165) is 21.4 Å². The van der Waals surface area contributed by atoms with E-state index in [4.69, 9.17) is 5.11 Å². The maximum atomic E-state index is 10.9. The Bertz CT molecular complexity index is 596. The van der Waals surface area contributed by atoms with Gasteiger partial charge in [0.1, 0.15) is 0 Å². The van der Waals surface area contributed by atoms with Crippen molar-refractivity contribution in [2.24, 2.45) is 0 Å². The Labute approximate surface area is 114 Å². The second-order valence-corrected chi connectivity index (χ2v) is 4.89. The first-order chi connectivity index (χ1) is 8.56. The van der Waals surface area contributed by atoms with Crippen LogP contribution < -0.4 is 5.32 Å². The van der Waals surface area contributed by atoms with E-state index in [9.17, 15) is 4.79 Å². The Morgan fingerprint density at radius 1 is 1.22 bits per heavy atom. The van der Waals surface area contributed by atoms with Crippen LogP contribution in [0.4, 0.5) is 11.4 Å². The molecule has 0 radical (unpaired) electrons. The fourth-order valence-corrected chi connectivity index (χ4v) is 2.13. The molecule has 0 heterocycles. The molecule has 0 unspecified atom stereocenters. The number of benzene rings is 2. The first-order valence-electron chi connectivity index (χ1n) is 5.43. The van der Waals surface area contributed by atoms with E-state index >= 15 is 0 Å². The standard InChI is InChI=1S/C14H12BrNO2/c1-9-7-11(15)5-6-13(9)16-12-4-2-3-10(8-12)14(17)18/h2-8,16H,1H3,(H,17,18). The maximum absolute atomic E-state index is 10.9. The van der Waals surface area contributed by atoms with Crippen LogP contribution in [0.5, 0.6) is 0 Å². The van der Waals surface area contributed by atoms with Crippen LogP contribution >= 0.6 is 15.9 Å². The zero-order chi connectivity index (χ0) is 13.1. The third-order valence-corrected chi connectivity index (χ3v) is 3.07. The van der Waals surface area contributed by atoms with Gasteiger partial charge in [0.15, 0.2) is 0 Å². The number of aryl methyl sites for hydroxylation is 1. The number of anilines is 2. The van der Waals surface area contributed by atoms with Crippen molar-refractivity contribution < 1.29 is 9.90 Å².